The van der Waals surface area contributed by atoms with Crippen LogP contribution in [0.2, 0.25) is 0 Å². The van der Waals surface area contributed by atoms with Crippen molar-refractivity contribution in [2.24, 2.45) is 0 Å². The number of rotatable bonds is 14. The van der Waals surface area contributed by atoms with Gasteiger partial charge in [0.2, 0.25) is 0 Å². The molecule has 0 fully saturated rings. The number of hydrogen-bond donors (Lipinski definition) is 1. The van der Waals surface area contributed by atoms with Crippen molar-refractivity contribution in [3.63, 3.8) is 0 Å². The first-order valence-corrected chi connectivity index (χ1v) is 8.55. The van der Waals surface area contributed by atoms with Crippen molar-refractivity contribution in [2.75, 3.05) is 6.61 Å². The van der Waals surface area contributed by atoms with Gasteiger partial charge in [0.25, 0.3) is 0 Å². The fourth-order valence-electron chi connectivity index (χ4n) is 2.56. The average molecular weight is 272 g/mol. The number of ether oxygens (including phenoxy) is 1. The summed E-state index contributed by atoms with van der Waals surface area (Å²) in [5.74, 6) is 0. The van der Waals surface area contributed by atoms with Gasteiger partial charge in [0.15, 0.2) is 0 Å². The van der Waals surface area contributed by atoms with E-state index in [-0.39, 0.29) is 12.2 Å². The smallest absolute Gasteiger partial charge is 0.0833 e. The minimum atomic E-state index is -0.264. The van der Waals surface area contributed by atoms with E-state index in [1.807, 2.05) is 6.92 Å². The van der Waals surface area contributed by atoms with Gasteiger partial charge in [-0.05, 0) is 19.8 Å². The molecule has 1 N–H and O–H groups in total. The molecule has 0 aliphatic rings. The first-order valence-electron chi connectivity index (χ1n) is 8.55. The molecule has 0 aromatic rings. The van der Waals surface area contributed by atoms with Crippen molar-refractivity contribution in [1.29, 1.82) is 0 Å². The van der Waals surface area contributed by atoms with Gasteiger partial charge >= 0.3 is 0 Å². The summed E-state index contributed by atoms with van der Waals surface area (Å²) in [5.41, 5.74) is 0. The molecule has 0 spiro atoms. The molecule has 2 atom stereocenters. The van der Waals surface area contributed by atoms with Crippen molar-refractivity contribution >= 4 is 0 Å². The fraction of sp³-hybridized carbons (Fsp3) is 1.00. The van der Waals surface area contributed by atoms with Gasteiger partial charge in [-0.25, -0.2) is 0 Å². The van der Waals surface area contributed by atoms with Crippen molar-refractivity contribution in [3.8, 4) is 0 Å². The molecule has 0 aliphatic carbocycles. The molecule has 0 aromatic carbocycles. The molecule has 0 aromatic heterocycles. The van der Waals surface area contributed by atoms with Gasteiger partial charge in [0, 0.05) is 6.61 Å². The quantitative estimate of drug-likeness (QED) is 0.447. The molecule has 0 heterocycles. The van der Waals surface area contributed by atoms with Gasteiger partial charge in [0.05, 0.1) is 12.2 Å². The highest BCUT2D eigenvalue weighted by atomic mass is 16.5. The predicted octanol–water partition coefficient (Wildman–Crippen LogP) is 5.08. The van der Waals surface area contributed by atoms with Gasteiger partial charge in [-0.3, -0.25) is 0 Å². The Hall–Kier alpha value is -0.0800. The SMILES string of the molecule is CCCCCCCCCCC(O)C(CCC)OCC. The van der Waals surface area contributed by atoms with Crippen molar-refractivity contribution in [2.45, 2.75) is 104 Å². The minimum absolute atomic E-state index is 0.0551. The zero-order chi connectivity index (χ0) is 14.3. The highest BCUT2D eigenvalue weighted by Crippen LogP contribution is 2.15. The standard InChI is InChI=1S/C17H36O2/c1-4-7-8-9-10-11-12-13-15-16(18)17(14-5-2)19-6-3/h16-18H,4-15H2,1-3H3. The molecule has 0 bridgehead atoms. The largest absolute Gasteiger partial charge is 0.390 e. The second-order valence-electron chi connectivity index (χ2n) is 5.61. The van der Waals surface area contributed by atoms with E-state index in [2.05, 4.69) is 13.8 Å². The third-order valence-electron chi connectivity index (χ3n) is 3.74. The molecule has 0 saturated heterocycles. The van der Waals surface area contributed by atoms with E-state index in [0.29, 0.717) is 6.61 Å². The maximum absolute atomic E-state index is 10.1. The molecule has 0 aliphatic heterocycles. The second-order valence-corrected chi connectivity index (χ2v) is 5.61. The van der Waals surface area contributed by atoms with E-state index in [1.54, 1.807) is 0 Å². The Kier molecular flexibility index (Phi) is 14.3. The maximum atomic E-state index is 10.1. The lowest BCUT2D eigenvalue weighted by atomic mass is 10.0. The summed E-state index contributed by atoms with van der Waals surface area (Å²) in [5, 5.41) is 10.1. The molecule has 19 heavy (non-hydrogen) atoms. The Morgan fingerprint density at radius 3 is 1.84 bits per heavy atom. The van der Waals surface area contributed by atoms with Gasteiger partial charge in [-0.1, -0.05) is 71.6 Å². The van der Waals surface area contributed by atoms with Crippen LogP contribution in [0.1, 0.15) is 91.4 Å². The summed E-state index contributed by atoms with van der Waals surface area (Å²) in [7, 11) is 0. The Morgan fingerprint density at radius 1 is 0.737 bits per heavy atom. The van der Waals surface area contributed by atoms with E-state index in [1.165, 1.54) is 44.9 Å². The molecule has 2 heteroatoms. The van der Waals surface area contributed by atoms with Crippen LogP contribution in [0.3, 0.4) is 0 Å². The Balaban J connectivity index is 3.47. The zero-order valence-corrected chi connectivity index (χ0v) is 13.5. The predicted molar refractivity (Wildman–Crippen MR) is 83.6 cm³/mol. The van der Waals surface area contributed by atoms with Crippen molar-refractivity contribution < 1.29 is 9.84 Å². The first-order chi connectivity index (χ1) is 9.26. The van der Waals surface area contributed by atoms with Gasteiger partial charge in [0.1, 0.15) is 0 Å². The van der Waals surface area contributed by atoms with Gasteiger partial charge in [-0.15, -0.1) is 0 Å². The molecular formula is C17H36O2. The van der Waals surface area contributed by atoms with Crippen LogP contribution < -0.4 is 0 Å². The van der Waals surface area contributed by atoms with E-state index in [0.717, 1.165) is 25.7 Å². The van der Waals surface area contributed by atoms with Crippen LogP contribution >= 0.6 is 0 Å². The molecule has 0 radical (unpaired) electrons. The molecule has 2 nitrogen and oxygen atoms in total. The Morgan fingerprint density at radius 2 is 1.32 bits per heavy atom. The van der Waals surface area contributed by atoms with Crippen LogP contribution in [0.25, 0.3) is 0 Å². The van der Waals surface area contributed by atoms with E-state index in [9.17, 15) is 5.11 Å². The van der Waals surface area contributed by atoms with Crippen LogP contribution in [0.15, 0.2) is 0 Å². The first kappa shape index (κ1) is 18.9. The van der Waals surface area contributed by atoms with Crippen LogP contribution in [0.5, 0.6) is 0 Å². The van der Waals surface area contributed by atoms with E-state index in [4.69, 9.17) is 4.74 Å². The lowest BCUT2D eigenvalue weighted by Gasteiger charge is -2.22. The molecule has 2 unspecified atom stereocenters. The second kappa shape index (κ2) is 14.3. The van der Waals surface area contributed by atoms with E-state index >= 15 is 0 Å². The monoisotopic (exact) mass is 272 g/mol. The van der Waals surface area contributed by atoms with Crippen LogP contribution in [0, 0.1) is 0 Å². The summed E-state index contributed by atoms with van der Waals surface area (Å²) in [6.45, 7) is 7.12. The molecule has 116 valence electrons. The summed E-state index contributed by atoms with van der Waals surface area (Å²) < 4.78 is 5.62. The summed E-state index contributed by atoms with van der Waals surface area (Å²) in [6.07, 6.45) is 13.3. The van der Waals surface area contributed by atoms with E-state index < -0.39 is 0 Å². The molecule has 0 rings (SSSR count). The lowest BCUT2D eigenvalue weighted by molar-refractivity contribution is -0.0408. The third kappa shape index (κ3) is 11.4. The number of hydrogen-bond acceptors (Lipinski definition) is 2. The molecule has 0 saturated carbocycles. The summed E-state index contributed by atoms with van der Waals surface area (Å²) >= 11 is 0. The minimum Gasteiger partial charge on any atom is -0.390 e. The van der Waals surface area contributed by atoms with Crippen LogP contribution in [-0.4, -0.2) is 23.9 Å². The van der Waals surface area contributed by atoms with Gasteiger partial charge in [-0.2, -0.15) is 0 Å². The van der Waals surface area contributed by atoms with Crippen molar-refractivity contribution in [3.05, 3.63) is 0 Å². The number of aliphatic hydroxyl groups excluding tert-OH is 1. The zero-order valence-electron chi connectivity index (χ0n) is 13.5. The summed E-state index contributed by atoms with van der Waals surface area (Å²) in [4.78, 5) is 0. The summed E-state index contributed by atoms with van der Waals surface area (Å²) in [6, 6.07) is 0. The van der Waals surface area contributed by atoms with Crippen LogP contribution in [-0.2, 0) is 4.74 Å². The Bertz CT molecular complexity index is 165. The topological polar surface area (TPSA) is 29.5 Å². The lowest BCUT2D eigenvalue weighted by Crippen LogP contribution is -2.29. The van der Waals surface area contributed by atoms with Crippen molar-refractivity contribution in [1.82, 2.24) is 0 Å². The number of aliphatic hydroxyl groups is 1. The highest BCUT2D eigenvalue weighted by molar-refractivity contribution is 4.68. The maximum Gasteiger partial charge on any atom is 0.0833 e. The third-order valence-corrected chi connectivity index (χ3v) is 3.74. The molecule has 0 amide bonds. The highest BCUT2D eigenvalue weighted by Gasteiger charge is 2.17. The Labute approximate surface area is 120 Å². The average Bonchev–Trinajstić information content (AvgIpc) is 2.41. The van der Waals surface area contributed by atoms with Gasteiger partial charge < -0.3 is 9.84 Å². The fourth-order valence-corrected chi connectivity index (χ4v) is 2.56. The molecular weight excluding hydrogens is 236 g/mol. The van der Waals surface area contributed by atoms with Crippen LogP contribution in [0.4, 0.5) is 0 Å². The number of unbranched alkanes of at least 4 members (excludes halogenated alkanes) is 7. The normalized spacial score (nSPS) is 14.5.